The molecule has 1 aliphatic carbocycles. The van der Waals surface area contributed by atoms with Crippen molar-refractivity contribution in [1.82, 2.24) is 4.98 Å². The van der Waals surface area contributed by atoms with E-state index in [4.69, 9.17) is 11.6 Å². The van der Waals surface area contributed by atoms with Crippen LogP contribution in [0.2, 0.25) is 5.15 Å². The normalized spacial score (nSPS) is 9.95. The van der Waals surface area contributed by atoms with Crippen molar-refractivity contribution >= 4 is 11.6 Å². The van der Waals surface area contributed by atoms with Crippen LogP contribution in [0.4, 0.5) is 0 Å². The van der Waals surface area contributed by atoms with E-state index in [0.29, 0.717) is 5.15 Å². The second kappa shape index (κ2) is 5.14. The Morgan fingerprint density at radius 1 is 0.842 bits per heavy atom. The van der Waals surface area contributed by atoms with Crippen LogP contribution in [0.25, 0.3) is 11.3 Å². The summed E-state index contributed by atoms with van der Waals surface area (Å²) >= 11 is 5.96. The summed E-state index contributed by atoms with van der Waals surface area (Å²) in [5.41, 5.74) is 3.72. The Kier molecular flexibility index (Phi) is 3.18. The number of hydrogen-bond acceptors (Lipinski definition) is 1. The Bertz CT molecular complexity index is 738. The van der Waals surface area contributed by atoms with Crippen molar-refractivity contribution in [2.75, 3.05) is 0 Å². The average molecular weight is 264 g/mol. The number of rotatable bonds is 0. The summed E-state index contributed by atoms with van der Waals surface area (Å²) in [5, 5.41) is 0.504. The van der Waals surface area contributed by atoms with E-state index in [2.05, 4.69) is 16.8 Å². The zero-order chi connectivity index (χ0) is 13.1. The van der Waals surface area contributed by atoms with Crippen LogP contribution >= 0.6 is 11.6 Å². The predicted octanol–water partition coefficient (Wildman–Crippen LogP) is 4.24. The quantitative estimate of drug-likeness (QED) is 0.553. The van der Waals surface area contributed by atoms with Crippen molar-refractivity contribution in [2.24, 2.45) is 0 Å². The van der Waals surface area contributed by atoms with Crippen molar-refractivity contribution < 1.29 is 0 Å². The van der Waals surface area contributed by atoms with E-state index < -0.39 is 0 Å². The summed E-state index contributed by atoms with van der Waals surface area (Å²) in [7, 11) is 0. The topological polar surface area (TPSA) is 12.9 Å². The molecule has 1 aromatic rings. The van der Waals surface area contributed by atoms with Gasteiger partial charge in [0.25, 0.3) is 0 Å². The Labute approximate surface area is 117 Å². The highest BCUT2D eigenvalue weighted by Gasteiger charge is 2.09. The van der Waals surface area contributed by atoms with Gasteiger partial charge in [-0.2, -0.15) is 0 Å². The van der Waals surface area contributed by atoms with Gasteiger partial charge in [-0.25, -0.2) is 4.98 Å². The summed E-state index contributed by atoms with van der Waals surface area (Å²) in [6, 6.07) is 19.6. The molecule has 0 radical (unpaired) electrons. The van der Waals surface area contributed by atoms with Crippen LogP contribution in [0.3, 0.4) is 0 Å². The van der Waals surface area contributed by atoms with Gasteiger partial charge in [0.05, 0.1) is 11.3 Å². The first-order valence-corrected chi connectivity index (χ1v) is 6.33. The minimum absolute atomic E-state index is 0.504. The van der Waals surface area contributed by atoms with E-state index in [1.807, 2.05) is 60.7 Å². The standard InChI is InChI=1S/C17H10ClN/c18-16-12-15-9-5-4-8-14(17(15)19-16)11-10-13-6-2-1-3-7-13/h1-9,12H. The molecule has 0 amide bonds. The molecule has 0 N–H and O–H groups in total. The molecule has 90 valence electrons. The lowest BCUT2D eigenvalue weighted by molar-refractivity contribution is 1.40. The monoisotopic (exact) mass is 263 g/mol. The van der Waals surface area contributed by atoms with Crippen LogP contribution in [0.5, 0.6) is 0 Å². The molecule has 0 saturated heterocycles. The lowest BCUT2D eigenvalue weighted by atomic mass is 10.1. The fraction of sp³-hybridized carbons (Fsp3) is 0. The van der Waals surface area contributed by atoms with E-state index >= 15 is 0 Å². The first kappa shape index (κ1) is 11.8. The third kappa shape index (κ3) is 2.59. The molecule has 0 atom stereocenters. The highest BCUT2D eigenvalue weighted by atomic mass is 35.5. The molecular formula is C17H10ClN. The van der Waals surface area contributed by atoms with Gasteiger partial charge in [0.1, 0.15) is 5.15 Å². The SMILES string of the molecule is Clc1cc2ccccc(C#Cc3ccccc3)c-2n1. The molecule has 3 rings (SSSR count). The number of fused-ring (bicyclic) bond motifs is 1. The third-order valence-corrected chi connectivity index (χ3v) is 2.98. The van der Waals surface area contributed by atoms with Crippen molar-refractivity contribution in [3.63, 3.8) is 0 Å². The Morgan fingerprint density at radius 2 is 1.58 bits per heavy atom. The van der Waals surface area contributed by atoms with Crippen molar-refractivity contribution in [3.8, 4) is 23.1 Å². The van der Waals surface area contributed by atoms with Crippen LogP contribution in [0, 0.1) is 11.8 Å². The number of nitrogens with zero attached hydrogens (tertiary/aromatic N) is 1. The smallest absolute Gasteiger partial charge is 0.130 e. The lowest BCUT2D eigenvalue weighted by Crippen LogP contribution is -1.80. The Hall–Kier alpha value is -2.30. The van der Waals surface area contributed by atoms with Crippen LogP contribution in [-0.4, -0.2) is 4.98 Å². The molecule has 1 aliphatic heterocycles. The van der Waals surface area contributed by atoms with E-state index in [-0.39, 0.29) is 0 Å². The van der Waals surface area contributed by atoms with Gasteiger partial charge in [0.2, 0.25) is 0 Å². The molecular weight excluding hydrogens is 254 g/mol. The van der Waals surface area contributed by atoms with E-state index in [1.165, 1.54) is 0 Å². The first-order valence-electron chi connectivity index (χ1n) is 5.95. The molecule has 0 aromatic heterocycles. The maximum absolute atomic E-state index is 5.96. The molecule has 0 unspecified atom stereocenters. The van der Waals surface area contributed by atoms with Crippen LogP contribution in [0.15, 0.2) is 60.7 Å². The van der Waals surface area contributed by atoms with Gasteiger partial charge in [-0.15, -0.1) is 0 Å². The lowest BCUT2D eigenvalue weighted by Gasteiger charge is -1.93. The van der Waals surface area contributed by atoms with Crippen LogP contribution < -0.4 is 0 Å². The minimum atomic E-state index is 0.504. The van der Waals surface area contributed by atoms with Gasteiger partial charge in [0.15, 0.2) is 0 Å². The summed E-state index contributed by atoms with van der Waals surface area (Å²) in [6.07, 6.45) is 0. The van der Waals surface area contributed by atoms with Crippen LogP contribution in [0.1, 0.15) is 11.1 Å². The summed E-state index contributed by atoms with van der Waals surface area (Å²) in [4.78, 5) is 4.33. The van der Waals surface area contributed by atoms with E-state index in [1.54, 1.807) is 0 Å². The largest absolute Gasteiger partial charge is 0.235 e. The van der Waals surface area contributed by atoms with Crippen LogP contribution in [-0.2, 0) is 0 Å². The van der Waals surface area contributed by atoms with Crippen molar-refractivity contribution in [3.05, 3.63) is 76.9 Å². The highest BCUT2D eigenvalue weighted by Crippen LogP contribution is 2.26. The second-order valence-electron chi connectivity index (χ2n) is 4.13. The maximum atomic E-state index is 5.96. The number of benzene rings is 1. The predicted molar refractivity (Wildman–Crippen MR) is 78.3 cm³/mol. The molecule has 2 aliphatic rings. The van der Waals surface area contributed by atoms with Crippen molar-refractivity contribution in [2.45, 2.75) is 0 Å². The summed E-state index contributed by atoms with van der Waals surface area (Å²) < 4.78 is 0. The average Bonchev–Trinajstić information content (AvgIpc) is 2.70. The minimum Gasteiger partial charge on any atom is -0.235 e. The first-order chi connectivity index (χ1) is 9.33. The number of halogens is 1. The van der Waals surface area contributed by atoms with Gasteiger partial charge in [-0.05, 0) is 24.3 Å². The number of hydrogen-bond donors (Lipinski definition) is 0. The Morgan fingerprint density at radius 3 is 2.42 bits per heavy atom. The van der Waals surface area contributed by atoms with Gasteiger partial charge >= 0.3 is 0 Å². The molecule has 1 heterocycles. The second-order valence-corrected chi connectivity index (χ2v) is 4.52. The maximum Gasteiger partial charge on any atom is 0.130 e. The highest BCUT2D eigenvalue weighted by molar-refractivity contribution is 6.30. The van der Waals surface area contributed by atoms with E-state index in [9.17, 15) is 0 Å². The Balaban J connectivity index is 2.08. The van der Waals surface area contributed by atoms with Gasteiger partial charge in [-0.1, -0.05) is 59.8 Å². The molecule has 19 heavy (non-hydrogen) atoms. The molecule has 1 aromatic carbocycles. The molecule has 0 bridgehead atoms. The summed E-state index contributed by atoms with van der Waals surface area (Å²) in [5.74, 6) is 6.31. The zero-order valence-corrected chi connectivity index (χ0v) is 10.9. The summed E-state index contributed by atoms with van der Waals surface area (Å²) in [6.45, 7) is 0. The van der Waals surface area contributed by atoms with E-state index in [0.717, 1.165) is 22.4 Å². The molecule has 0 fully saturated rings. The fourth-order valence-electron chi connectivity index (χ4n) is 1.89. The van der Waals surface area contributed by atoms with Gasteiger partial charge in [-0.3, -0.25) is 0 Å². The molecule has 1 nitrogen and oxygen atoms in total. The number of aromatic nitrogens is 1. The van der Waals surface area contributed by atoms with Gasteiger partial charge < -0.3 is 0 Å². The zero-order valence-electron chi connectivity index (χ0n) is 10.1. The fourth-order valence-corrected chi connectivity index (χ4v) is 2.10. The third-order valence-electron chi connectivity index (χ3n) is 2.79. The van der Waals surface area contributed by atoms with Crippen molar-refractivity contribution in [1.29, 1.82) is 0 Å². The molecule has 0 spiro atoms. The molecule has 0 saturated carbocycles. The van der Waals surface area contributed by atoms with Gasteiger partial charge in [0, 0.05) is 11.1 Å². The molecule has 2 heteroatoms.